The van der Waals surface area contributed by atoms with Crippen molar-refractivity contribution in [2.75, 3.05) is 12.3 Å². The fourth-order valence-corrected chi connectivity index (χ4v) is 3.61. The van der Waals surface area contributed by atoms with Gasteiger partial charge in [0.15, 0.2) is 0 Å². The summed E-state index contributed by atoms with van der Waals surface area (Å²) in [6, 6.07) is 1.34. The molecule has 0 aromatic carbocycles. The van der Waals surface area contributed by atoms with E-state index in [0.717, 1.165) is 4.57 Å². The smallest absolute Gasteiger partial charge is 1.00 e. The molecule has 6 N–H and O–H groups in total. The molecule has 0 saturated carbocycles. The second kappa shape index (κ2) is 8.70. The Bertz CT molecular complexity index is 760. The summed E-state index contributed by atoms with van der Waals surface area (Å²) in [5, 5.41) is 9.86. The number of phosphoric acid groups is 2. The minimum absolute atomic E-state index is 0. The molecular formula is C9H16N3NaO10P2. The van der Waals surface area contributed by atoms with Crippen molar-refractivity contribution in [3.8, 4) is 0 Å². The van der Waals surface area contributed by atoms with Crippen molar-refractivity contribution in [2.24, 2.45) is 0 Å². The molecule has 0 spiro atoms. The van der Waals surface area contributed by atoms with E-state index in [1.54, 1.807) is 0 Å². The number of nitrogen functional groups attached to an aromatic ring is 1. The normalized spacial score (nSPS) is 26.0. The Morgan fingerprint density at radius 1 is 1.44 bits per heavy atom. The van der Waals surface area contributed by atoms with Crippen molar-refractivity contribution in [1.82, 2.24) is 9.55 Å². The van der Waals surface area contributed by atoms with Gasteiger partial charge in [0, 0.05) is 12.6 Å². The molecule has 1 aromatic rings. The third-order valence-corrected chi connectivity index (χ3v) is 5.13. The minimum Gasteiger partial charge on any atom is -1.00 e. The molecule has 0 radical (unpaired) electrons. The Balaban J connectivity index is 0.00000312. The molecule has 2 rings (SSSR count). The molecule has 25 heavy (non-hydrogen) atoms. The van der Waals surface area contributed by atoms with E-state index in [1.807, 2.05) is 0 Å². The number of aliphatic hydroxyl groups excluding tert-OH is 1. The Morgan fingerprint density at radius 3 is 2.64 bits per heavy atom. The minimum atomic E-state index is -5.24. The van der Waals surface area contributed by atoms with Crippen LogP contribution in [0.4, 0.5) is 5.82 Å². The number of rotatable bonds is 6. The number of phosphoric ester groups is 1. The summed E-state index contributed by atoms with van der Waals surface area (Å²) in [4.78, 5) is 41.3. The first-order chi connectivity index (χ1) is 11.0. The molecule has 1 unspecified atom stereocenters. The first-order valence-corrected chi connectivity index (χ1v) is 9.42. The number of nitrogens with two attached hydrogens (primary N) is 1. The summed E-state index contributed by atoms with van der Waals surface area (Å²) in [6.45, 7) is -0.706. The van der Waals surface area contributed by atoms with Crippen LogP contribution >= 0.6 is 15.6 Å². The summed E-state index contributed by atoms with van der Waals surface area (Å²) < 4.78 is 36.2. The number of aliphatic hydroxyl groups is 1. The molecule has 1 fully saturated rings. The summed E-state index contributed by atoms with van der Waals surface area (Å²) in [5.41, 5.74) is 4.64. The van der Waals surface area contributed by atoms with Crippen molar-refractivity contribution >= 4 is 21.5 Å². The maximum Gasteiger partial charge on any atom is 1.00 e. The number of hydrogen-bond donors (Lipinski definition) is 5. The van der Waals surface area contributed by atoms with E-state index >= 15 is 0 Å². The maximum absolute atomic E-state index is 11.7. The number of hydrogen-bond acceptors (Lipinski definition) is 9. The Labute approximate surface area is 164 Å². The molecule has 0 bridgehead atoms. The summed E-state index contributed by atoms with van der Waals surface area (Å²) in [7, 11) is -10.3. The van der Waals surface area contributed by atoms with Gasteiger partial charge in [-0.15, -0.1) is 0 Å². The molecule has 1 aliphatic heterocycles. The predicted octanol–water partition coefficient (Wildman–Crippen LogP) is -4.18. The molecule has 1 aliphatic rings. The number of anilines is 1. The first kappa shape index (κ1) is 22.9. The standard InChI is InChI=1S/C9H15N3O10P2.Na.H/c10-7-1-2-12(9(14)11-7)8-3-5(13)6(21-8)4-20-24(18,19)22-23(15,16)17;;/h1-2,5-6,8,13H,3-4H2,(H,18,19)(H2,10,11,14)(H2,15,16,17);;/q;+1;-1/t5-,6+,8+;;/m0../s1. The molecular weight excluding hydrogens is 395 g/mol. The van der Waals surface area contributed by atoms with Gasteiger partial charge in [0.05, 0.1) is 12.7 Å². The van der Waals surface area contributed by atoms with Crippen LogP contribution in [0.2, 0.25) is 0 Å². The molecule has 2 heterocycles. The average Bonchev–Trinajstić information content (AvgIpc) is 2.75. The third kappa shape index (κ3) is 6.83. The zero-order valence-electron chi connectivity index (χ0n) is 13.9. The zero-order chi connectivity index (χ0) is 18.1. The van der Waals surface area contributed by atoms with E-state index in [0.29, 0.717) is 0 Å². The second-order valence-electron chi connectivity index (χ2n) is 4.81. The van der Waals surface area contributed by atoms with Crippen LogP contribution in [0.15, 0.2) is 17.1 Å². The fraction of sp³-hybridized carbons (Fsp3) is 0.556. The van der Waals surface area contributed by atoms with E-state index in [9.17, 15) is 19.0 Å². The largest absolute Gasteiger partial charge is 1.00 e. The van der Waals surface area contributed by atoms with Crippen LogP contribution in [0.25, 0.3) is 0 Å². The number of ether oxygens (including phenoxy) is 1. The molecule has 4 atom stereocenters. The van der Waals surface area contributed by atoms with Gasteiger partial charge in [0.25, 0.3) is 0 Å². The monoisotopic (exact) mass is 411 g/mol. The first-order valence-electron chi connectivity index (χ1n) is 6.39. The molecule has 13 nitrogen and oxygen atoms in total. The van der Waals surface area contributed by atoms with Gasteiger partial charge >= 0.3 is 50.9 Å². The SMILES string of the molecule is Nc1ccn([C@H]2C[C@H](O)[C@@H](COP(=O)(O)OP(=O)(O)O)O2)c(=O)n1.[H-].[Na+]. The van der Waals surface area contributed by atoms with Gasteiger partial charge in [0.2, 0.25) is 0 Å². The van der Waals surface area contributed by atoms with E-state index in [-0.39, 0.29) is 43.2 Å². The number of aromatic nitrogens is 2. The van der Waals surface area contributed by atoms with Crippen LogP contribution in [0.5, 0.6) is 0 Å². The molecule has 1 saturated heterocycles. The Morgan fingerprint density at radius 2 is 2.08 bits per heavy atom. The summed E-state index contributed by atoms with van der Waals surface area (Å²) >= 11 is 0. The van der Waals surface area contributed by atoms with Gasteiger partial charge in [-0.25, -0.2) is 13.9 Å². The van der Waals surface area contributed by atoms with E-state index < -0.39 is 46.4 Å². The van der Waals surface area contributed by atoms with Gasteiger partial charge in [-0.05, 0) is 6.07 Å². The van der Waals surface area contributed by atoms with Crippen LogP contribution in [-0.4, -0.2) is 48.2 Å². The van der Waals surface area contributed by atoms with Crippen LogP contribution in [0.3, 0.4) is 0 Å². The maximum atomic E-state index is 11.7. The molecule has 1 aromatic heterocycles. The van der Waals surface area contributed by atoms with Crippen LogP contribution in [0.1, 0.15) is 14.1 Å². The van der Waals surface area contributed by atoms with Gasteiger partial charge in [-0.2, -0.15) is 9.29 Å². The predicted molar refractivity (Wildman–Crippen MR) is 77.5 cm³/mol. The van der Waals surface area contributed by atoms with Gasteiger partial charge in [-0.1, -0.05) is 0 Å². The average molecular weight is 411 g/mol. The van der Waals surface area contributed by atoms with Crippen LogP contribution in [-0.2, 0) is 22.7 Å². The van der Waals surface area contributed by atoms with Crippen molar-refractivity contribution in [3.63, 3.8) is 0 Å². The van der Waals surface area contributed by atoms with Crippen molar-refractivity contribution in [2.45, 2.75) is 24.9 Å². The molecule has 138 valence electrons. The summed E-state index contributed by atoms with van der Waals surface area (Å²) in [6.07, 6.45) is -1.97. The van der Waals surface area contributed by atoms with E-state index in [1.165, 1.54) is 12.3 Å². The molecule has 0 amide bonds. The van der Waals surface area contributed by atoms with Crippen LogP contribution < -0.4 is 41.0 Å². The topological polar surface area (TPSA) is 204 Å². The quantitative estimate of drug-likeness (QED) is 0.223. The van der Waals surface area contributed by atoms with Crippen molar-refractivity contribution < 1.29 is 73.5 Å². The zero-order valence-corrected chi connectivity index (χ0v) is 16.7. The Kier molecular flexibility index (Phi) is 7.97. The van der Waals surface area contributed by atoms with Gasteiger partial charge < -0.3 is 31.7 Å². The third-order valence-electron chi connectivity index (χ3n) is 2.98. The van der Waals surface area contributed by atoms with Gasteiger partial charge in [-0.3, -0.25) is 9.09 Å². The summed E-state index contributed by atoms with van der Waals surface area (Å²) in [5.74, 6) is 0.00508. The van der Waals surface area contributed by atoms with E-state index in [4.69, 9.17) is 25.2 Å². The van der Waals surface area contributed by atoms with Gasteiger partial charge in [0.1, 0.15) is 18.1 Å². The van der Waals surface area contributed by atoms with Crippen molar-refractivity contribution in [3.05, 3.63) is 22.7 Å². The van der Waals surface area contributed by atoms with Crippen LogP contribution in [0, 0.1) is 0 Å². The number of nitrogens with zero attached hydrogens (tertiary/aromatic N) is 2. The molecule has 0 aliphatic carbocycles. The van der Waals surface area contributed by atoms with E-state index in [2.05, 4.69) is 13.8 Å². The Hall–Kier alpha value is -0.140. The second-order valence-corrected chi connectivity index (χ2v) is 7.64. The van der Waals surface area contributed by atoms with Crippen molar-refractivity contribution in [1.29, 1.82) is 0 Å². The fourth-order valence-electron chi connectivity index (χ4n) is 2.01. The molecule has 16 heteroatoms.